The molecule has 1 amide bonds. The van der Waals surface area contributed by atoms with Crippen LogP contribution < -0.4 is 15.4 Å². The van der Waals surface area contributed by atoms with Crippen molar-refractivity contribution in [1.82, 2.24) is 0 Å². The molecule has 0 aliphatic heterocycles. The van der Waals surface area contributed by atoms with Crippen molar-refractivity contribution < 1.29 is 9.53 Å². The Hall–Kier alpha value is -2.49. The van der Waals surface area contributed by atoms with E-state index in [0.29, 0.717) is 13.0 Å². The normalized spacial score (nSPS) is 10.0. The van der Waals surface area contributed by atoms with Crippen molar-refractivity contribution in [2.45, 2.75) is 13.3 Å². The van der Waals surface area contributed by atoms with Crippen LogP contribution in [0.3, 0.4) is 0 Å². The summed E-state index contributed by atoms with van der Waals surface area (Å²) < 4.78 is 5.15. The van der Waals surface area contributed by atoms with Gasteiger partial charge < -0.3 is 15.4 Å². The van der Waals surface area contributed by atoms with Gasteiger partial charge in [-0.05, 0) is 36.8 Å². The summed E-state index contributed by atoms with van der Waals surface area (Å²) in [6, 6.07) is 15.4. The quantitative estimate of drug-likeness (QED) is 0.854. The maximum absolute atomic E-state index is 11.9. The Labute approximate surface area is 125 Å². The number of carbonyl (C=O) groups is 1. The van der Waals surface area contributed by atoms with Crippen molar-refractivity contribution in [1.29, 1.82) is 0 Å². The Morgan fingerprint density at radius 2 is 1.86 bits per heavy atom. The summed E-state index contributed by atoms with van der Waals surface area (Å²) in [5.41, 5.74) is 2.90. The highest BCUT2D eigenvalue weighted by Crippen LogP contribution is 2.16. The van der Waals surface area contributed by atoms with Crippen LogP contribution in [0.4, 0.5) is 11.4 Å². The number of rotatable bonds is 6. The van der Waals surface area contributed by atoms with Crippen LogP contribution in [-0.4, -0.2) is 19.6 Å². The molecule has 0 aromatic heterocycles. The fraction of sp³-hybridized carbons (Fsp3) is 0.235. The lowest BCUT2D eigenvalue weighted by Crippen LogP contribution is -2.16. The van der Waals surface area contributed by atoms with E-state index in [0.717, 1.165) is 22.7 Å². The molecule has 0 fully saturated rings. The first kappa shape index (κ1) is 14.9. The molecule has 4 nitrogen and oxygen atoms in total. The standard InChI is InChI=1S/C17H20N2O2/c1-13-5-3-7-15(11-13)19-17(20)9-10-18-14-6-4-8-16(12-14)21-2/h3-8,11-12,18H,9-10H2,1-2H3,(H,19,20). The summed E-state index contributed by atoms with van der Waals surface area (Å²) in [6.45, 7) is 2.57. The minimum atomic E-state index is -0.00371. The topological polar surface area (TPSA) is 50.4 Å². The molecule has 0 saturated carbocycles. The van der Waals surface area contributed by atoms with Crippen LogP contribution in [0, 0.1) is 6.92 Å². The number of aryl methyl sites for hydroxylation is 1. The van der Waals surface area contributed by atoms with Gasteiger partial charge in [0, 0.05) is 30.4 Å². The van der Waals surface area contributed by atoms with Crippen molar-refractivity contribution >= 4 is 17.3 Å². The molecular weight excluding hydrogens is 264 g/mol. The summed E-state index contributed by atoms with van der Waals surface area (Å²) in [7, 11) is 1.63. The molecule has 2 aromatic carbocycles. The molecule has 0 spiro atoms. The molecule has 0 bridgehead atoms. The lowest BCUT2D eigenvalue weighted by molar-refractivity contribution is -0.115. The fourth-order valence-corrected chi connectivity index (χ4v) is 2.00. The molecule has 4 heteroatoms. The lowest BCUT2D eigenvalue weighted by Gasteiger charge is -2.09. The van der Waals surface area contributed by atoms with Crippen LogP contribution in [0.2, 0.25) is 0 Å². The Morgan fingerprint density at radius 3 is 2.62 bits per heavy atom. The third-order valence-electron chi connectivity index (χ3n) is 3.05. The van der Waals surface area contributed by atoms with Crippen molar-refractivity contribution in [3.63, 3.8) is 0 Å². The Balaban J connectivity index is 1.79. The molecule has 110 valence electrons. The van der Waals surface area contributed by atoms with Gasteiger partial charge in [-0.3, -0.25) is 4.79 Å². The van der Waals surface area contributed by atoms with Gasteiger partial charge in [0.05, 0.1) is 7.11 Å². The minimum absolute atomic E-state index is 0.00371. The molecule has 0 unspecified atom stereocenters. The van der Waals surface area contributed by atoms with Gasteiger partial charge >= 0.3 is 0 Å². The third-order valence-corrected chi connectivity index (χ3v) is 3.05. The summed E-state index contributed by atoms with van der Waals surface area (Å²) in [4.78, 5) is 11.9. The summed E-state index contributed by atoms with van der Waals surface area (Å²) in [5.74, 6) is 0.792. The number of benzene rings is 2. The molecule has 0 heterocycles. The van der Waals surface area contributed by atoms with Crippen LogP contribution in [0.1, 0.15) is 12.0 Å². The summed E-state index contributed by atoms with van der Waals surface area (Å²) >= 11 is 0. The Kier molecular flexibility index (Phi) is 5.21. The molecule has 2 rings (SSSR count). The zero-order valence-electron chi connectivity index (χ0n) is 12.3. The number of nitrogens with one attached hydrogen (secondary N) is 2. The third kappa shape index (κ3) is 4.84. The van der Waals surface area contributed by atoms with E-state index in [1.807, 2.05) is 55.5 Å². The predicted molar refractivity (Wildman–Crippen MR) is 85.9 cm³/mol. The van der Waals surface area contributed by atoms with E-state index in [2.05, 4.69) is 10.6 Å². The number of anilines is 2. The van der Waals surface area contributed by atoms with Crippen LogP contribution in [0.5, 0.6) is 5.75 Å². The van der Waals surface area contributed by atoms with Gasteiger partial charge in [0.15, 0.2) is 0 Å². The molecule has 0 radical (unpaired) electrons. The number of hydrogen-bond acceptors (Lipinski definition) is 3. The number of methoxy groups -OCH3 is 1. The molecule has 0 saturated heterocycles. The van der Waals surface area contributed by atoms with Crippen LogP contribution in [0.15, 0.2) is 48.5 Å². The number of carbonyl (C=O) groups excluding carboxylic acids is 1. The van der Waals surface area contributed by atoms with E-state index in [4.69, 9.17) is 4.74 Å². The van der Waals surface area contributed by atoms with Crippen LogP contribution >= 0.6 is 0 Å². The molecule has 2 N–H and O–H groups in total. The van der Waals surface area contributed by atoms with Gasteiger partial charge in [0.2, 0.25) is 5.91 Å². The molecule has 0 aliphatic rings. The smallest absolute Gasteiger partial charge is 0.226 e. The molecular formula is C17H20N2O2. The van der Waals surface area contributed by atoms with Crippen LogP contribution in [-0.2, 0) is 4.79 Å². The van der Waals surface area contributed by atoms with Gasteiger partial charge in [-0.15, -0.1) is 0 Å². The van der Waals surface area contributed by atoms with E-state index in [9.17, 15) is 4.79 Å². The zero-order chi connectivity index (χ0) is 15.1. The second-order valence-corrected chi connectivity index (χ2v) is 4.83. The van der Waals surface area contributed by atoms with Gasteiger partial charge in [-0.1, -0.05) is 18.2 Å². The van der Waals surface area contributed by atoms with Crippen molar-refractivity contribution in [2.24, 2.45) is 0 Å². The van der Waals surface area contributed by atoms with Crippen molar-refractivity contribution in [3.05, 3.63) is 54.1 Å². The average Bonchev–Trinajstić information content (AvgIpc) is 2.47. The van der Waals surface area contributed by atoms with E-state index in [1.165, 1.54) is 0 Å². The first-order valence-electron chi connectivity index (χ1n) is 6.92. The number of ether oxygens (including phenoxy) is 1. The first-order valence-corrected chi connectivity index (χ1v) is 6.92. The van der Waals surface area contributed by atoms with E-state index < -0.39 is 0 Å². The zero-order valence-corrected chi connectivity index (χ0v) is 12.3. The van der Waals surface area contributed by atoms with Gasteiger partial charge in [-0.2, -0.15) is 0 Å². The van der Waals surface area contributed by atoms with Crippen molar-refractivity contribution in [3.8, 4) is 5.75 Å². The monoisotopic (exact) mass is 284 g/mol. The highest BCUT2D eigenvalue weighted by Gasteiger charge is 2.02. The Bertz CT molecular complexity index is 611. The molecule has 21 heavy (non-hydrogen) atoms. The lowest BCUT2D eigenvalue weighted by atomic mass is 10.2. The van der Waals surface area contributed by atoms with Gasteiger partial charge in [0.1, 0.15) is 5.75 Å². The SMILES string of the molecule is COc1cccc(NCCC(=O)Nc2cccc(C)c2)c1. The Morgan fingerprint density at radius 1 is 1.10 bits per heavy atom. The molecule has 0 atom stereocenters. The maximum atomic E-state index is 11.9. The maximum Gasteiger partial charge on any atom is 0.226 e. The number of amides is 1. The van der Waals surface area contributed by atoms with E-state index in [-0.39, 0.29) is 5.91 Å². The van der Waals surface area contributed by atoms with E-state index in [1.54, 1.807) is 7.11 Å². The number of hydrogen-bond donors (Lipinski definition) is 2. The minimum Gasteiger partial charge on any atom is -0.497 e. The summed E-state index contributed by atoms with van der Waals surface area (Å²) in [6.07, 6.45) is 0.408. The highest BCUT2D eigenvalue weighted by molar-refractivity contribution is 5.91. The van der Waals surface area contributed by atoms with Gasteiger partial charge in [-0.25, -0.2) is 0 Å². The first-order chi connectivity index (χ1) is 10.2. The summed E-state index contributed by atoms with van der Waals surface area (Å²) in [5, 5.41) is 6.09. The van der Waals surface area contributed by atoms with Crippen molar-refractivity contribution in [2.75, 3.05) is 24.3 Å². The predicted octanol–water partition coefficient (Wildman–Crippen LogP) is 3.44. The largest absolute Gasteiger partial charge is 0.497 e. The second-order valence-electron chi connectivity index (χ2n) is 4.83. The fourth-order valence-electron chi connectivity index (χ4n) is 2.00. The average molecular weight is 284 g/mol. The van der Waals surface area contributed by atoms with Crippen LogP contribution in [0.25, 0.3) is 0 Å². The van der Waals surface area contributed by atoms with Gasteiger partial charge in [0.25, 0.3) is 0 Å². The highest BCUT2D eigenvalue weighted by atomic mass is 16.5. The molecule has 0 aliphatic carbocycles. The second kappa shape index (κ2) is 7.33. The van der Waals surface area contributed by atoms with E-state index >= 15 is 0 Å². The molecule has 2 aromatic rings.